The van der Waals surface area contributed by atoms with Gasteiger partial charge in [0.05, 0.1) is 34.2 Å². The van der Waals surface area contributed by atoms with Crippen molar-refractivity contribution in [2.24, 2.45) is 11.6 Å². The van der Waals surface area contributed by atoms with E-state index in [2.05, 4.69) is 0 Å². The number of hydrogen-bond acceptors (Lipinski definition) is 5. The van der Waals surface area contributed by atoms with E-state index in [1.165, 1.54) is 17.1 Å². The molecule has 0 saturated carbocycles. The monoisotopic (exact) mass is 497 g/mol. The number of imidazole rings is 1. The first-order valence-corrected chi connectivity index (χ1v) is 11.3. The molecular formula is C25H25Cl2N5O2. The van der Waals surface area contributed by atoms with Crippen molar-refractivity contribution in [2.45, 2.75) is 20.4 Å². The highest BCUT2D eigenvalue weighted by Gasteiger charge is 2.17. The molecule has 2 aromatic heterocycles. The van der Waals surface area contributed by atoms with Crippen molar-refractivity contribution in [3.8, 4) is 11.3 Å². The molecule has 0 atom stereocenters. The minimum absolute atomic E-state index is 0.0151. The molecule has 2 aromatic carbocycles. The second kappa shape index (κ2) is 11.1. The zero-order valence-corrected chi connectivity index (χ0v) is 20.3. The fourth-order valence-electron chi connectivity index (χ4n) is 3.41. The number of nitrogens with zero attached hydrogens (tertiary/aromatic N) is 3. The molecule has 0 aliphatic heterocycles. The molecule has 9 heteroatoms. The summed E-state index contributed by atoms with van der Waals surface area (Å²) in [6, 6.07) is 17.7. The SMILES string of the molecule is CC.N/C(=C\N(N)Cc1ccc(Cl)c(C(=O)O)c1)c1c(-c2ccc(Cl)cc2)nc2ccccn12. The molecular weight excluding hydrogens is 473 g/mol. The maximum atomic E-state index is 11.3. The molecule has 0 spiro atoms. The number of hydrogen-bond donors (Lipinski definition) is 3. The van der Waals surface area contributed by atoms with Crippen LogP contribution in [0.15, 0.2) is 73.1 Å². The van der Waals surface area contributed by atoms with Crippen LogP contribution >= 0.6 is 23.2 Å². The number of rotatable bonds is 6. The van der Waals surface area contributed by atoms with Crippen LogP contribution in [-0.2, 0) is 6.54 Å². The van der Waals surface area contributed by atoms with Gasteiger partial charge in [-0.15, -0.1) is 0 Å². The molecule has 2 heterocycles. The Balaban J connectivity index is 0.00000158. The van der Waals surface area contributed by atoms with Gasteiger partial charge in [0.25, 0.3) is 0 Å². The smallest absolute Gasteiger partial charge is 0.337 e. The second-order valence-corrected chi connectivity index (χ2v) is 7.96. The van der Waals surface area contributed by atoms with Gasteiger partial charge in [-0.2, -0.15) is 0 Å². The van der Waals surface area contributed by atoms with Gasteiger partial charge >= 0.3 is 5.97 Å². The highest BCUT2D eigenvalue weighted by molar-refractivity contribution is 6.33. The van der Waals surface area contributed by atoms with Gasteiger partial charge < -0.3 is 15.8 Å². The molecule has 0 aliphatic carbocycles. The summed E-state index contributed by atoms with van der Waals surface area (Å²) in [6.07, 6.45) is 3.46. The van der Waals surface area contributed by atoms with Crippen molar-refractivity contribution in [2.75, 3.05) is 0 Å². The Labute approximate surface area is 207 Å². The topological polar surface area (TPSA) is 110 Å². The van der Waals surface area contributed by atoms with Gasteiger partial charge in [-0.1, -0.05) is 61.3 Å². The minimum atomic E-state index is -1.10. The number of pyridine rings is 1. The van der Waals surface area contributed by atoms with E-state index in [0.717, 1.165) is 11.2 Å². The fourth-order valence-corrected chi connectivity index (χ4v) is 3.74. The molecule has 4 aromatic rings. The molecule has 5 N–H and O–H groups in total. The lowest BCUT2D eigenvalue weighted by atomic mass is 10.1. The number of halogens is 2. The van der Waals surface area contributed by atoms with Crippen LogP contribution in [0, 0.1) is 0 Å². The van der Waals surface area contributed by atoms with Crippen molar-refractivity contribution in [3.63, 3.8) is 0 Å². The maximum absolute atomic E-state index is 11.3. The van der Waals surface area contributed by atoms with E-state index in [1.54, 1.807) is 24.4 Å². The average Bonchev–Trinajstić information content (AvgIpc) is 3.21. The molecule has 0 amide bonds. The number of benzene rings is 2. The summed E-state index contributed by atoms with van der Waals surface area (Å²) in [5.41, 5.74) is 10.5. The molecule has 0 saturated heterocycles. The quantitative estimate of drug-likeness (QED) is 0.234. The lowest BCUT2D eigenvalue weighted by molar-refractivity contribution is 0.0697. The molecule has 0 unspecified atom stereocenters. The second-order valence-electron chi connectivity index (χ2n) is 7.12. The van der Waals surface area contributed by atoms with E-state index in [1.807, 2.05) is 54.8 Å². The first kappa shape index (κ1) is 25.1. The number of carbonyl (C=O) groups is 1. The van der Waals surface area contributed by atoms with Gasteiger partial charge in [0.15, 0.2) is 0 Å². The predicted octanol–water partition coefficient (Wildman–Crippen LogP) is 5.67. The molecule has 0 radical (unpaired) electrons. The Morgan fingerprint density at radius 3 is 2.50 bits per heavy atom. The van der Waals surface area contributed by atoms with Crippen molar-refractivity contribution in [3.05, 3.63) is 99.9 Å². The van der Waals surface area contributed by atoms with Crippen molar-refractivity contribution in [1.29, 1.82) is 0 Å². The van der Waals surface area contributed by atoms with Crippen molar-refractivity contribution < 1.29 is 9.90 Å². The Morgan fingerprint density at radius 1 is 1.12 bits per heavy atom. The van der Waals surface area contributed by atoms with E-state index in [0.29, 0.717) is 27.7 Å². The summed E-state index contributed by atoms with van der Waals surface area (Å²) in [4.78, 5) is 16.1. The molecule has 0 bridgehead atoms. The van der Waals surface area contributed by atoms with Gasteiger partial charge in [-0.3, -0.25) is 4.40 Å². The van der Waals surface area contributed by atoms with Crippen molar-refractivity contribution in [1.82, 2.24) is 14.4 Å². The predicted molar refractivity (Wildman–Crippen MR) is 137 cm³/mol. The Kier molecular flexibility index (Phi) is 8.17. The molecule has 0 fully saturated rings. The van der Waals surface area contributed by atoms with Gasteiger partial charge in [0.2, 0.25) is 0 Å². The molecule has 176 valence electrons. The lowest BCUT2D eigenvalue weighted by Crippen LogP contribution is -2.26. The van der Waals surface area contributed by atoms with Gasteiger partial charge in [-0.05, 0) is 42.0 Å². The molecule has 7 nitrogen and oxygen atoms in total. The molecule has 34 heavy (non-hydrogen) atoms. The minimum Gasteiger partial charge on any atom is -0.478 e. The number of hydrazine groups is 1. The standard InChI is InChI=1S/C23H19Cl2N5O2.C2H6/c24-16-7-5-15(6-8-16)21-22(30-10-2-1-3-20(30)28-21)19(26)13-29(27)12-14-4-9-18(25)17(11-14)23(31)32;1-2/h1-11,13H,12,26-27H2,(H,31,32);1-2H3/b19-13-;. The van der Waals surface area contributed by atoms with E-state index in [9.17, 15) is 9.90 Å². The van der Waals surface area contributed by atoms with Crippen LogP contribution in [0.2, 0.25) is 10.0 Å². The van der Waals surface area contributed by atoms with Crippen LogP contribution in [0.25, 0.3) is 22.6 Å². The van der Waals surface area contributed by atoms with Crippen LogP contribution in [0.3, 0.4) is 0 Å². The normalized spacial score (nSPS) is 11.1. The van der Waals surface area contributed by atoms with Gasteiger partial charge in [0, 0.05) is 23.0 Å². The Morgan fingerprint density at radius 2 is 1.82 bits per heavy atom. The third kappa shape index (κ3) is 5.51. The Hall–Kier alpha value is -3.52. The average molecular weight is 498 g/mol. The van der Waals surface area contributed by atoms with Crippen LogP contribution < -0.4 is 11.6 Å². The van der Waals surface area contributed by atoms with E-state index >= 15 is 0 Å². The number of fused-ring (bicyclic) bond motifs is 1. The summed E-state index contributed by atoms with van der Waals surface area (Å²) in [7, 11) is 0. The largest absolute Gasteiger partial charge is 0.478 e. The van der Waals surface area contributed by atoms with Crippen LogP contribution in [0.1, 0.15) is 35.5 Å². The van der Waals surface area contributed by atoms with Crippen LogP contribution in [-0.4, -0.2) is 25.5 Å². The van der Waals surface area contributed by atoms with E-state index in [-0.39, 0.29) is 17.1 Å². The zero-order chi connectivity index (χ0) is 24.8. The summed E-state index contributed by atoms with van der Waals surface area (Å²) >= 11 is 12.0. The highest BCUT2D eigenvalue weighted by atomic mass is 35.5. The van der Waals surface area contributed by atoms with Crippen LogP contribution in [0.4, 0.5) is 0 Å². The summed E-state index contributed by atoms with van der Waals surface area (Å²) in [5.74, 6) is 5.08. The first-order valence-electron chi connectivity index (χ1n) is 10.6. The fraction of sp³-hybridized carbons (Fsp3) is 0.120. The first-order chi connectivity index (χ1) is 16.3. The van der Waals surface area contributed by atoms with Gasteiger partial charge in [0.1, 0.15) is 5.65 Å². The number of carboxylic acid groups (broad SMARTS) is 1. The highest BCUT2D eigenvalue weighted by Crippen LogP contribution is 2.29. The van der Waals surface area contributed by atoms with E-state index < -0.39 is 5.97 Å². The van der Waals surface area contributed by atoms with E-state index in [4.69, 9.17) is 39.8 Å². The third-order valence-corrected chi connectivity index (χ3v) is 5.43. The zero-order valence-electron chi connectivity index (χ0n) is 18.7. The number of aromatic carboxylic acids is 1. The summed E-state index contributed by atoms with van der Waals surface area (Å²) in [5, 5.41) is 11.4. The summed E-state index contributed by atoms with van der Waals surface area (Å²) in [6.45, 7) is 4.23. The lowest BCUT2D eigenvalue weighted by Gasteiger charge is -2.16. The number of aromatic nitrogens is 2. The van der Waals surface area contributed by atoms with Crippen LogP contribution in [0.5, 0.6) is 0 Å². The number of nitrogens with two attached hydrogens (primary N) is 2. The maximum Gasteiger partial charge on any atom is 0.337 e. The van der Waals surface area contributed by atoms with Gasteiger partial charge in [-0.25, -0.2) is 15.6 Å². The molecule has 4 rings (SSSR count). The third-order valence-electron chi connectivity index (χ3n) is 4.85. The molecule has 0 aliphatic rings. The van der Waals surface area contributed by atoms with Crippen molar-refractivity contribution >= 4 is 40.5 Å². The number of carboxylic acids is 1. The Bertz CT molecular complexity index is 1330. The summed E-state index contributed by atoms with van der Waals surface area (Å²) < 4.78 is 1.88.